The first-order valence-corrected chi connectivity index (χ1v) is 11.5. The molecule has 0 aromatic heterocycles. The SMILES string of the molecule is CCOC(=O)C(=Cc1ccccc1P(c1ccccc1)c1ccccc1)C(=O)OCC. The highest BCUT2D eigenvalue weighted by Crippen LogP contribution is 2.34. The smallest absolute Gasteiger partial charge is 0.345 e. The van der Waals surface area contributed by atoms with E-state index in [2.05, 4.69) is 24.3 Å². The molecule has 0 N–H and O–H groups in total. The molecule has 0 aliphatic heterocycles. The van der Waals surface area contributed by atoms with Crippen LogP contribution < -0.4 is 15.9 Å². The van der Waals surface area contributed by atoms with Crippen LogP contribution in [0.25, 0.3) is 6.08 Å². The Morgan fingerprint density at radius 1 is 0.710 bits per heavy atom. The third-order valence-electron chi connectivity index (χ3n) is 4.50. The highest BCUT2D eigenvalue weighted by Gasteiger charge is 2.24. The summed E-state index contributed by atoms with van der Waals surface area (Å²) >= 11 is 0. The zero-order chi connectivity index (χ0) is 22.1. The normalized spacial score (nSPS) is 10.4. The van der Waals surface area contributed by atoms with Gasteiger partial charge in [-0.3, -0.25) is 0 Å². The molecule has 0 saturated heterocycles. The Balaban J connectivity index is 2.17. The molecule has 0 heterocycles. The number of esters is 2. The van der Waals surface area contributed by atoms with Gasteiger partial charge in [0.25, 0.3) is 0 Å². The van der Waals surface area contributed by atoms with Crippen LogP contribution in [0.3, 0.4) is 0 Å². The molecular formula is C26H25O4P. The molecule has 0 radical (unpaired) electrons. The maximum atomic E-state index is 12.5. The van der Waals surface area contributed by atoms with Crippen LogP contribution in [0.1, 0.15) is 19.4 Å². The third-order valence-corrected chi connectivity index (χ3v) is 7.02. The summed E-state index contributed by atoms with van der Waals surface area (Å²) < 4.78 is 10.2. The maximum Gasteiger partial charge on any atom is 0.345 e. The second kappa shape index (κ2) is 11.2. The fourth-order valence-corrected chi connectivity index (χ4v) is 5.60. The van der Waals surface area contributed by atoms with Crippen LogP contribution in [0, 0.1) is 0 Å². The zero-order valence-electron chi connectivity index (χ0n) is 17.7. The minimum absolute atomic E-state index is 0.104. The quantitative estimate of drug-likeness (QED) is 0.178. The molecule has 3 rings (SSSR count). The lowest BCUT2D eigenvalue weighted by atomic mass is 10.1. The lowest BCUT2D eigenvalue weighted by molar-refractivity contribution is -0.146. The van der Waals surface area contributed by atoms with Crippen LogP contribution in [0.4, 0.5) is 0 Å². The van der Waals surface area contributed by atoms with Crippen LogP contribution in [-0.2, 0) is 19.1 Å². The van der Waals surface area contributed by atoms with E-state index in [1.54, 1.807) is 19.9 Å². The van der Waals surface area contributed by atoms with Crippen molar-refractivity contribution < 1.29 is 19.1 Å². The van der Waals surface area contributed by atoms with E-state index in [4.69, 9.17) is 9.47 Å². The number of ether oxygens (including phenoxy) is 2. The van der Waals surface area contributed by atoms with E-state index >= 15 is 0 Å². The molecule has 0 aliphatic rings. The maximum absolute atomic E-state index is 12.5. The summed E-state index contributed by atoms with van der Waals surface area (Å²) in [6, 6.07) is 28.3. The Hall–Kier alpha value is -3.23. The van der Waals surface area contributed by atoms with Gasteiger partial charge in [-0.1, -0.05) is 84.9 Å². The molecule has 0 fully saturated rings. The first kappa shape index (κ1) is 22.5. The standard InChI is InChI=1S/C26H25O4P/c1-3-29-25(27)23(26(28)30-4-2)19-20-13-11-12-18-24(20)31(21-14-7-5-8-15-21)22-16-9-6-10-17-22/h5-19H,3-4H2,1-2H3. The summed E-state index contributed by atoms with van der Waals surface area (Å²) in [6.07, 6.45) is 1.59. The van der Waals surface area contributed by atoms with Gasteiger partial charge in [0.15, 0.2) is 0 Å². The second-order valence-electron chi connectivity index (χ2n) is 6.56. The number of carbonyl (C=O) groups is 2. The van der Waals surface area contributed by atoms with E-state index in [0.717, 1.165) is 10.9 Å². The number of hydrogen-bond acceptors (Lipinski definition) is 4. The van der Waals surface area contributed by atoms with Crippen molar-refractivity contribution in [2.75, 3.05) is 13.2 Å². The summed E-state index contributed by atoms with van der Waals surface area (Å²) in [7, 11) is -0.901. The van der Waals surface area contributed by atoms with E-state index in [0.29, 0.717) is 0 Å². The molecule has 3 aromatic rings. The molecule has 0 unspecified atom stereocenters. The molecule has 158 valence electrons. The monoisotopic (exact) mass is 432 g/mol. The molecule has 0 amide bonds. The molecule has 31 heavy (non-hydrogen) atoms. The van der Waals surface area contributed by atoms with E-state index in [9.17, 15) is 9.59 Å². The zero-order valence-corrected chi connectivity index (χ0v) is 18.5. The minimum Gasteiger partial charge on any atom is -0.462 e. The van der Waals surface area contributed by atoms with Crippen molar-refractivity contribution in [2.24, 2.45) is 0 Å². The molecule has 0 spiro atoms. The van der Waals surface area contributed by atoms with Crippen LogP contribution in [0.15, 0.2) is 90.5 Å². The summed E-state index contributed by atoms with van der Waals surface area (Å²) in [5.74, 6) is -1.36. The topological polar surface area (TPSA) is 52.6 Å². The van der Waals surface area contributed by atoms with Gasteiger partial charge in [-0.05, 0) is 49.3 Å². The summed E-state index contributed by atoms with van der Waals surface area (Å²) in [5, 5.41) is 3.40. The number of benzene rings is 3. The molecule has 0 atom stereocenters. The van der Waals surface area contributed by atoms with Gasteiger partial charge >= 0.3 is 11.9 Å². The molecule has 0 bridgehead atoms. The van der Waals surface area contributed by atoms with E-state index in [1.807, 2.05) is 60.7 Å². The van der Waals surface area contributed by atoms with Crippen molar-refractivity contribution in [3.05, 3.63) is 96.1 Å². The van der Waals surface area contributed by atoms with E-state index in [-0.39, 0.29) is 18.8 Å². The summed E-state index contributed by atoms with van der Waals surface area (Å²) in [4.78, 5) is 25.0. The van der Waals surface area contributed by atoms with Gasteiger partial charge in [-0.25, -0.2) is 9.59 Å². The lowest BCUT2D eigenvalue weighted by Crippen LogP contribution is -2.23. The Morgan fingerprint density at radius 3 is 1.65 bits per heavy atom. The summed E-state index contributed by atoms with van der Waals surface area (Å²) in [6.45, 7) is 3.77. The first-order valence-electron chi connectivity index (χ1n) is 10.2. The number of rotatable bonds is 8. The van der Waals surface area contributed by atoms with Crippen molar-refractivity contribution in [1.29, 1.82) is 0 Å². The van der Waals surface area contributed by atoms with Crippen molar-refractivity contribution >= 4 is 41.8 Å². The predicted molar refractivity (Wildman–Crippen MR) is 126 cm³/mol. The first-order chi connectivity index (χ1) is 15.2. The van der Waals surface area contributed by atoms with Crippen molar-refractivity contribution in [2.45, 2.75) is 13.8 Å². The molecule has 3 aromatic carbocycles. The molecule has 0 aliphatic carbocycles. The van der Waals surface area contributed by atoms with Crippen LogP contribution >= 0.6 is 7.92 Å². The molecule has 5 heteroatoms. The molecular weight excluding hydrogens is 407 g/mol. The van der Waals surface area contributed by atoms with Crippen LogP contribution in [-0.4, -0.2) is 25.2 Å². The van der Waals surface area contributed by atoms with Gasteiger partial charge in [-0.15, -0.1) is 0 Å². The third kappa shape index (κ3) is 5.68. The second-order valence-corrected chi connectivity index (χ2v) is 8.75. The average molecular weight is 432 g/mol. The minimum atomic E-state index is -0.901. The van der Waals surface area contributed by atoms with Gasteiger partial charge in [0.2, 0.25) is 0 Å². The number of carbonyl (C=O) groups excluding carboxylic acids is 2. The van der Waals surface area contributed by atoms with Gasteiger partial charge in [0, 0.05) is 0 Å². The van der Waals surface area contributed by atoms with Gasteiger partial charge in [-0.2, -0.15) is 0 Å². The van der Waals surface area contributed by atoms with Gasteiger partial charge in [0.1, 0.15) is 5.57 Å². The summed E-state index contributed by atoms with van der Waals surface area (Å²) in [5.41, 5.74) is 0.685. The van der Waals surface area contributed by atoms with Crippen molar-refractivity contribution in [3.8, 4) is 0 Å². The van der Waals surface area contributed by atoms with Crippen LogP contribution in [0.2, 0.25) is 0 Å². The fraction of sp³-hybridized carbons (Fsp3) is 0.154. The van der Waals surface area contributed by atoms with E-state index in [1.165, 1.54) is 10.6 Å². The Bertz CT molecular complexity index is 986. The van der Waals surface area contributed by atoms with E-state index < -0.39 is 19.9 Å². The average Bonchev–Trinajstić information content (AvgIpc) is 2.80. The Kier molecular flexibility index (Phi) is 8.14. The molecule has 4 nitrogen and oxygen atoms in total. The number of hydrogen-bond donors (Lipinski definition) is 0. The van der Waals surface area contributed by atoms with Gasteiger partial charge in [0.05, 0.1) is 13.2 Å². The lowest BCUT2D eigenvalue weighted by Gasteiger charge is -2.21. The van der Waals surface area contributed by atoms with Gasteiger partial charge < -0.3 is 9.47 Å². The Labute approximate surface area is 184 Å². The highest BCUT2D eigenvalue weighted by atomic mass is 31.1. The van der Waals surface area contributed by atoms with Crippen LogP contribution in [0.5, 0.6) is 0 Å². The predicted octanol–water partition coefficient (Wildman–Crippen LogP) is 3.95. The van der Waals surface area contributed by atoms with Crippen molar-refractivity contribution in [3.63, 3.8) is 0 Å². The molecule has 0 saturated carbocycles. The highest BCUT2D eigenvalue weighted by molar-refractivity contribution is 7.80. The fourth-order valence-electron chi connectivity index (χ4n) is 3.17. The largest absolute Gasteiger partial charge is 0.462 e. The Morgan fingerprint density at radius 2 is 1.16 bits per heavy atom. The van der Waals surface area contributed by atoms with Crippen molar-refractivity contribution in [1.82, 2.24) is 0 Å².